The van der Waals surface area contributed by atoms with Crippen molar-refractivity contribution in [2.24, 2.45) is 7.05 Å². The van der Waals surface area contributed by atoms with E-state index in [1.807, 2.05) is 13.8 Å². The first kappa shape index (κ1) is 23.2. The Kier molecular flexibility index (Phi) is 5.92. The van der Waals surface area contributed by atoms with Crippen molar-refractivity contribution in [1.29, 1.82) is 0 Å². The van der Waals surface area contributed by atoms with Crippen LogP contribution in [0.4, 0.5) is 13.2 Å². The molecule has 0 spiro atoms. The number of aliphatic hydroxyl groups is 1. The molecule has 9 heteroatoms. The van der Waals surface area contributed by atoms with Gasteiger partial charge in [-0.05, 0) is 53.8 Å². The number of benzene rings is 1. The summed E-state index contributed by atoms with van der Waals surface area (Å²) in [5.74, 6) is 0. The number of fused-ring (bicyclic) bond motifs is 1. The third kappa shape index (κ3) is 3.87. The van der Waals surface area contributed by atoms with Gasteiger partial charge in [0, 0.05) is 24.3 Å². The smallest absolute Gasteiger partial charge is 0.374 e. The number of imidazole rings is 1. The zero-order chi connectivity index (χ0) is 24.0. The maximum atomic E-state index is 13.4. The summed E-state index contributed by atoms with van der Waals surface area (Å²) in [5, 5.41) is 13.2. The quantitative estimate of drug-likeness (QED) is 0.418. The van der Waals surface area contributed by atoms with Crippen LogP contribution in [0.3, 0.4) is 0 Å². The van der Waals surface area contributed by atoms with Gasteiger partial charge in [-0.3, -0.25) is 9.97 Å². The molecule has 0 aliphatic rings. The Hall–Kier alpha value is -2.97. The summed E-state index contributed by atoms with van der Waals surface area (Å²) in [5.41, 5.74) is 0.0704. The lowest BCUT2D eigenvalue weighted by Gasteiger charge is -2.30. The van der Waals surface area contributed by atoms with E-state index in [-0.39, 0.29) is 5.56 Å². The molecule has 1 atom stereocenters. The van der Waals surface area contributed by atoms with Crippen molar-refractivity contribution in [3.05, 3.63) is 87.8 Å². The van der Waals surface area contributed by atoms with Crippen LogP contribution in [0, 0.1) is 0 Å². The van der Waals surface area contributed by atoms with Crippen LogP contribution in [0.5, 0.6) is 0 Å². The van der Waals surface area contributed by atoms with Gasteiger partial charge in [0.2, 0.25) is 0 Å². The molecular formula is C24H22ClF3N4O. The van der Waals surface area contributed by atoms with E-state index in [0.717, 1.165) is 29.9 Å². The van der Waals surface area contributed by atoms with Crippen molar-refractivity contribution < 1.29 is 18.3 Å². The molecule has 1 aromatic carbocycles. The van der Waals surface area contributed by atoms with Crippen molar-refractivity contribution in [3.8, 4) is 0 Å². The van der Waals surface area contributed by atoms with Gasteiger partial charge in [0.25, 0.3) is 0 Å². The van der Waals surface area contributed by atoms with Crippen LogP contribution < -0.4 is 0 Å². The minimum Gasteiger partial charge on any atom is -0.374 e. The third-order valence-corrected chi connectivity index (χ3v) is 6.30. The average Bonchev–Trinajstić information content (AvgIpc) is 3.24. The van der Waals surface area contributed by atoms with Crippen LogP contribution in [0.15, 0.2) is 49.1 Å². The van der Waals surface area contributed by atoms with Crippen molar-refractivity contribution in [2.45, 2.75) is 38.5 Å². The summed E-state index contributed by atoms with van der Waals surface area (Å²) in [7, 11) is 1.66. The molecule has 5 nitrogen and oxygen atoms in total. The van der Waals surface area contributed by atoms with Crippen LogP contribution >= 0.6 is 11.6 Å². The maximum Gasteiger partial charge on any atom is 0.433 e. The fraction of sp³-hybridized carbons (Fsp3) is 0.292. The van der Waals surface area contributed by atoms with Crippen LogP contribution in [-0.2, 0) is 31.7 Å². The SMILES string of the molecule is CCc1nc2ccc(C(O)(c3ccnc(C(F)(F)F)c3)c3cncn3C)cc2c(Cl)c1CC. The molecule has 1 unspecified atom stereocenters. The van der Waals surface area contributed by atoms with E-state index in [9.17, 15) is 18.3 Å². The second kappa shape index (κ2) is 8.43. The van der Waals surface area contributed by atoms with E-state index in [0.29, 0.717) is 33.6 Å². The summed E-state index contributed by atoms with van der Waals surface area (Å²) in [6, 6.07) is 7.28. The monoisotopic (exact) mass is 474 g/mol. The molecule has 0 aliphatic heterocycles. The van der Waals surface area contributed by atoms with Gasteiger partial charge in [-0.1, -0.05) is 31.5 Å². The number of aryl methyl sites for hydroxylation is 2. The van der Waals surface area contributed by atoms with Gasteiger partial charge in [0.05, 0.1) is 28.8 Å². The second-order valence-electron chi connectivity index (χ2n) is 7.82. The minimum absolute atomic E-state index is 0.0118. The predicted octanol–water partition coefficient (Wildman–Crippen LogP) is 5.44. The molecule has 0 fully saturated rings. The Bertz CT molecular complexity index is 1340. The van der Waals surface area contributed by atoms with Crippen LogP contribution in [0.1, 0.15) is 47.6 Å². The molecule has 33 heavy (non-hydrogen) atoms. The fourth-order valence-electron chi connectivity index (χ4n) is 4.17. The zero-order valence-corrected chi connectivity index (χ0v) is 19.0. The van der Waals surface area contributed by atoms with Gasteiger partial charge >= 0.3 is 6.18 Å². The number of halogens is 4. The van der Waals surface area contributed by atoms with Gasteiger partial charge in [-0.2, -0.15) is 13.2 Å². The summed E-state index contributed by atoms with van der Waals surface area (Å²) < 4.78 is 41.8. The highest BCUT2D eigenvalue weighted by atomic mass is 35.5. The Balaban J connectivity index is 2.02. The average molecular weight is 475 g/mol. The molecule has 0 saturated carbocycles. The lowest BCUT2D eigenvalue weighted by Crippen LogP contribution is -2.31. The number of hydrogen-bond acceptors (Lipinski definition) is 4. The minimum atomic E-state index is -4.66. The third-order valence-electron chi connectivity index (χ3n) is 5.86. The van der Waals surface area contributed by atoms with E-state index >= 15 is 0 Å². The van der Waals surface area contributed by atoms with Gasteiger partial charge in [-0.15, -0.1) is 0 Å². The van der Waals surface area contributed by atoms with Crippen LogP contribution in [0.2, 0.25) is 5.02 Å². The van der Waals surface area contributed by atoms with Crippen molar-refractivity contribution in [2.75, 3.05) is 0 Å². The Morgan fingerprint density at radius 2 is 1.79 bits per heavy atom. The standard InChI is InChI=1S/C24H22ClF3N4O/c1-4-16-18(5-2)31-19-7-6-14(10-17(19)22(16)25)23(33,21-12-29-13-32(21)3)15-8-9-30-20(11-15)24(26,27)28/h6-13,33H,4-5H2,1-3H3. The summed E-state index contributed by atoms with van der Waals surface area (Å²) in [4.78, 5) is 12.2. The van der Waals surface area contributed by atoms with Gasteiger partial charge in [0.15, 0.2) is 5.60 Å². The summed E-state index contributed by atoms with van der Waals surface area (Å²) in [6.07, 6.45) is 0.682. The highest BCUT2D eigenvalue weighted by Crippen LogP contribution is 2.40. The number of aromatic nitrogens is 4. The van der Waals surface area contributed by atoms with Crippen molar-refractivity contribution in [1.82, 2.24) is 19.5 Å². The fourth-order valence-corrected chi connectivity index (χ4v) is 4.56. The van der Waals surface area contributed by atoms with Crippen LogP contribution in [0.25, 0.3) is 10.9 Å². The molecule has 0 amide bonds. The summed E-state index contributed by atoms with van der Waals surface area (Å²) >= 11 is 6.74. The molecule has 0 saturated heterocycles. The largest absolute Gasteiger partial charge is 0.433 e. The van der Waals surface area contributed by atoms with E-state index < -0.39 is 17.5 Å². The number of alkyl halides is 3. The van der Waals surface area contributed by atoms with Gasteiger partial charge in [-0.25, -0.2) is 4.98 Å². The first-order valence-electron chi connectivity index (χ1n) is 10.5. The zero-order valence-electron chi connectivity index (χ0n) is 18.3. The summed E-state index contributed by atoms with van der Waals surface area (Å²) in [6.45, 7) is 3.99. The number of nitrogens with zero attached hydrogens (tertiary/aromatic N) is 4. The van der Waals surface area contributed by atoms with Crippen LogP contribution in [-0.4, -0.2) is 24.6 Å². The molecular weight excluding hydrogens is 453 g/mol. The topological polar surface area (TPSA) is 63.8 Å². The first-order chi connectivity index (χ1) is 15.6. The van der Waals surface area contributed by atoms with E-state index in [1.54, 1.807) is 29.8 Å². The number of hydrogen-bond donors (Lipinski definition) is 1. The predicted molar refractivity (Wildman–Crippen MR) is 120 cm³/mol. The van der Waals surface area contributed by atoms with Gasteiger partial charge < -0.3 is 9.67 Å². The highest BCUT2D eigenvalue weighted by molar-refractivity contribution is 6.36. The van der Waals surface area contributed by atoms with Gasteiger partial charge in [0.1, 0.15) is 5.69 Å². The molecule has 3 heterocycles. The maximum absolute atomic E-state index is 13.4. The Morgan fingerprint density at radius 3 is 2.39 bits per heavy atom. The molecule has 4 rings (SSSR count). The second-order valence-corrected chi connectivity index (χ2v) is 8.20. The molecule has 172 valence electrons. The van der Waals surface area contributed by atoms with E-state index in [4.69, 9.17) is 16.6 Å². The van der Waals surface area contributed by atoms with E-state index in [1.165, 1.54) is 18.6 Å². The first-order valence-corrected chi connectivity index (χ1v) is 10.8. The number of rotatable bonds is 5. The molecule has 1 N–H and O–H groups in total. The molecule has 0 radical (unpaired) electrons. The molecule has 3 aromatic heterocycles. The Labute approximate surface area is 193 Å². The lowest BCUT2D eigenvalue weighted by atomic mass is 9.83. The molecule has 0 bridgehead atoms. The molecule has 4 aromatic rings. The van der Waals surface area contributed by atoms with Crippen molar-refractivity contribution >= 4 is 22.5 Å². The highest BCUT2D eigenvalue weighted by Gasteiger charge is 2.40. The molecule has 0 aliphatic carbocycles. The van der Waals surface area contributed by atoms with E-state index in [2.05, 4.69) is 9.97 Å². The van der Waals surface area contributed by atoms with Crippen molar-refractivity contribution in [3.63, 3.8) is 0 Å². The Morgan fingerprint density at radius 1 is 1.06 bits per heavy atom. The normalized spacial score (nSPS) is 13.9. The lowest BCUT2D eigenvalue weighted by molar-refractivity contribution is -0.141. The number of pyridine rings is 2.